The standard InChI is InChI=1S/C20H15ClO3S/c21-19(22)17(16-12-7-13-25-16)20(23)24-18(14-8-3-1-4-9-14)15-10-5-2-6-11-15/h1-13,17-18H. The zero-order valence-corrected chi connectivity index (χ0v) is 14.7. The number of halogens is 1. The first-order chi connectivity index (χ1) is 12.2. The highest BCUT2D eigenvalue weighted by Gasteiger charge is 2.32. The summed E-state index contributed by atoms with van der Waals surface area (Å²) in [7, 11) is 0. The second kappa shape index (κ2) is 8.10. The van der Waals surface area contributed by atoms with Crippen molar-refractivity contribution >= 4 is 34.1 Å². The molecular weight excluding hydrogens is 356 g/mol. The van der Waals surface area contributed by atoms with Crippen LogP contribution in [0.2, 0.25) is 0 Å². The minimum atomic E-state index is -1.11. The van der Waals surface area contributed by atoms with E-state index in [0.29, 0.717) is 4.88 Å². The van der Waals surface area contributed by atoms with Crippen molar-refractivity contribution in [1.29, 1.82) is 0 Å². The van der Waals surface area contributed by atoms with E-state index in [4.69, 9.17) is 16.3 Å². The Morgan fingerprint density at radius 3 is 1.84 bits per heavy atom. The van der Waals surface area contributed by atoms with Crippen LogP contribution in [-0.4, -0.2) is 11.2 Å². The smallest absolute Gasteiger partial charge is 0.324 e. The molecule has 0 spiro atoms. The summed E-state index contributed by atoms with van der Waals surface area (Å²) >= 11 is 6.97. The van der Waals surface area contributed by atoms with Gasteiger partial charge in [0.25, 0.3) is 0 Å². The number of carbonyl (C=O) groups excluding carboxylic acids is 2. The third kappa shape index (κ3) is 4.16. The van der Waals surface area contributed by atoms with Gasteiger partial charge in [-0.25, -0.2) is 0 Å². The van der Waals surface area contributed by atoms with E-state index in [2.05, 4.69) is 0 Å². The van der Waals surface area contributed by atoms with Gasteiger partial charge in [0.1, 0.15) is 0 Å². The van der Waals surface area contributed by atoms with Gasteiger partial charge in [0.15, 0.2) is 12.0 Å². The molecule has 0 aliphatic carbocycles. The van der Waals surface area contributed by atoms with E-state index in [1.807, 2.05) is 60.7 Å². The van der Waals surface area contributed by atoms with Gasteiger partial charge in [0.05, 0.1) is 0 Å². The highest BCUT2D eigenvalue weighted by Crippen LogP contribution is 2.31. The molecule has 0 aliphatic rings. The molecule has 126 valence electrons. The van der Waals surface area contributed by atoms with E-state index in [0.717, 1.165) is 11.1 Å². The minimum absolute atomic E-state index is 0.574. The fourth-order valence-electron chi connectivity index (χ4n) is 2.54. The molecular formula is C20H15ClO3S. The Balaban J connectivity index is 1.92. The van der Waals surface area contributed by atoms with Gasteiger partial charge in [-0.2, -0.15) is 0 Å². The lowest BCUT2D eigenvalue weighted by Crippen LogP contribution is -2.23. The van der Waals surface area contributed by atoms with Crippen LogP contribution in [-0.2, 0) is 14.3 Å². The molecule has 0 N–H and O–H groups in total. The van der Waals surface area contributed by atoms with Gasteiger partial charge >= 0.3 is 5.97 Å². The van der Waals surface area contributed by atoms with E-state index < -0.39 is 23.2 Å². The van der Waals surface area contributed by atoms with Gasteiger partial charge in [-0.1, -0.05) is 66.7 Å². The molecule has 1 atom stereocenters. The Labute approximate surface area is 154 Å². The van der Waals surface area contributed by atoms with Crippen molar-refractivity contribution in [3.8, 4) is 0 Å². The molecule has 25 heavy (non-hydrogen) atoms. The summed E-state index contributed by atoms with van der Waals surface area (Å²) in [5.74, 6) is -1.77. The molecule has 3 aromatic rings. The van der Waals surface area contributed by atoms with Crippen molar-refractivity contribution in [1.82, 2.24) is 0 Å². The van der Waals surface area contributed by atoms with Crippen LogP contribution >= 0.6 is 22.9 Å². The van der Waals surface area contributed by atoms with Crippen molar-refractivity contribution in [2.75, 3.05) is 0 Å². The molecule has 0 saturated heterocycles. The molecule has 1 aromatic heterocycles. The maximum atomic E-state index is 12.7. The van der Waals surface area contributed by atoms with Crippen molar-refractivity contribution in [2.45, 2.75) is 12.0 Å². The number of esters is 1. The van der Waals surface area contributed by atoms with Crippen LogP contribution < -0.4 is 0 Å². The number of thiophene rings is 1. The van der Waals surface area contributed by atoms with E-state index >= 15 is 0 Å². The Kier molecular flexibility index (Phi) is 5.64. The lowest BCUT2D eigenvalue weighted by atomic mass is 10.0. The van der Waals surface area contributed by atoms with Crippen LogP contribution in [0.15, 0.2) is 78.2 Å². The fraction of sp³-hybridized carbons (Fsp3) is 0.100. The minimum Gasteiger partial charge on any atom is -0.452 e. The summed E-state index contributed by atoms with van der Waals surface area (Å²) in [6.45, 7) is 0. The van der Waals surface area contributed by atoms with Gasteiger partial charge in [-0.15, -0.1) is 11.3 Å². The molecule has 0 aliphatic heterocycles. The first-order valence-corrected chi connectivity index (χ1v) is 8.95. The number of hydrogen-bond acceptors (Lipinski definition) is 4. The van der Waals surface area contributed by atoms with Gasteiger partial charge < -0.3 is 4.74 Å². The van der Waals surface area contributed by atoms with E-state index in [1.54, 1.807) is 17.5 Å². The second-order valence-electron chi connectivity index (χ2n) is 5.39. The van der Waals surface area contributed by atoms with Crippen LogP contribution in [0.25, 0.3) is 0 Å². The third-order valence-electron chi connectivity index (χ3n) is 3.73. The molecule has 0 fully saturated rings. The van der Waals surface area contributed by atoms with Crippen LogP contribution in [0.5, 0.6) is 0 Å². The van der Waals surface area contributed by atoms with Crippen LogP contribution in [0.1, 0.15) is 28.0 Å². The Hall–Kier alpha value is -2.43. The van der Waals surface area contributed by atoms with Crippen LogP contribution in [0.4, 0.5) is 0 Å². The predicted octanol–water partition coefficient (Wildman–Crippen LogP) is 4.93. The largest absolute Gasteiger partial charge is 0.452 e. The topological polar surface area (TPSA) is 43.4 Å². The molecule has 2 aromatic carbocycles. The van der Waals surface area contributed by atoms with Crippen molar-refractivity contribution < 1.29 is 14.3 Å². The first kappa shape index (κ1) is 17.4. The lowest BCUT2D eigenvalue weighted by Gasteiger charge is -2.21. The van der Waals surface area contributed by atoms with Gasteiger partial charge in [0, 0.05) is 4.88 Å². The normalized spacial score (nSPS) is 11.9. The molecule has 3 rings (SSSR count). The number of ether oxygens (including phenoxy) is 1. The lowest BCUT2D eigenvalue weighted by molar-refractivity contribution is -0.150. The van der Waals surface area contributed by atoms with Crippen LogP contribution in [0.3, 0.4) is 0 Å². The highest BCUT2D eigenvalue weighted by molar-refractivity contribution is 7.10. The number of benzene rings is 2. The number of rotatable bonds is 6. The summed E-state index contributed by atoms with van der Waals surface area (Å²) in [4.78, 5) is 25.1. The van der Waals surface area contributed by atoms with E-state index in [9.17, 15) is 9.59 Å². The molecule has 1 heterocycles. The van der Waals surface area contributed by atoms with E-state index in [-0.39, 0.29) is 0 Å². The Morgan fingerprint density at radius 1 is 0.840 bits per heavy atom. The number of hydrogen-bond donors (Lipinski definition) is 0. The van der Waals surface area contributed by atoms with Crippen LogP contribution in [0, 0.1) is 0 Å². The zero-order chi connectivity index (χ0) is 17.6. The molecule has 5 heteroatoms. The van der Waals surface area contributed by atoms with Gasteiger partial charge in [-0.3, -0.25) is 9.59 Å². The molecule has 0 bridgehead atoms. The van der Waals surface area contributed by atoms with Crippen molar-refractivity contribution in [3.05, 3.63) is 94.2 Å². The average molecular weight is 371 g/mol. The fourth-order valence-corrected chi connectivity index (χ4v) is 3.63. The maximum absolute atomic E-state index is 12.7. The molecule has 0 amide bonds. The quantitative estimate of drug-likeness (QED) is 0.351. The second-order valence-corrected chi connectivity index (χ2v) is 6.74. The summed E-state index contributed by atoms with van der Waals surface area (Å²) in [6, 6.07) is 22.3. The Morgan fingerprint density at radius 2 is 1.40 bits per heavy atom. The van der Waals surface area contributed by atoms with Gasteiger partial charge in [-0.05, 0) is 34.2 Å². The van der Waals surface area contributed by atoms with E-state index in [1.165, 1.54) is 11.3 Å². The molecule has 0 saturated carbocycles. The summed E-state index contributed by atoms with van der Waals surface area (Å²) in [5.41, 5.74) is 1.66. The average Bonchev–Trinajstić information content (AvgIpc) is 3.15. The summed E-state index contributed by atoms with van der Waals surface area (Å²) < 4.78 is 5.73. The SMILES string of the molecule is O=C(Cl)C(C(=O)OC(c1ccccc1)c1ccccc1)c1cccs1. The highest BCUT2D eigenvalue weighted by atomic mass is 35.5. The number of carbonyl (C=O) groups is 2. The Bertz CT molecular complexity index is 792. The molecule has 3 nitrogen and oxygen atoms in total. The first-order valence-electron chi connectivity index (χ1n) is 7.70. The maximum Gasteiger partial charge on any atom is 0.324 e. The third-order valence-corrected chi connectivity index (χ3v) is 4.88. The molecule has 1 unspecified atom stereocenters. The summed E-state index contributed by atoms with van der Waals surface area (Å²) in [5, 5.41) is 1.05. The predicted molar refractivity (Wildman–Crippen MR) is 98.7 cm³/mol. The van der Waals surface area contributed by atoms with Crippen molar-refractivity contribution in [3.63, 3.8) is 0 Å². The monoisotopic (exact) mass is 370 g/mol. The summed E-state index contributed by atoms with van der Waals surface area (Å²) in [6.07, 6.45) is -0.603. The molecule has 0 radical (unpaired) electrons. The zero-order valence-electron chi connectivity index (χ0n) is 13.2. The van der Waals surface area contributed by atoms with Gasteiger partial charge in [0.2, 0.25) is 5.24 Å². The van der Waals surface area contributed by atoms with Crippen molar-refractivity contribution in [2.24, 2.45) is 0 Å².